The summed E-state index contributed by atoms with van der Waals surface area (Å²) in [5.74, 6) is 2.09. The number of aromatic nitrogens is 2. The smallest absolute Gasteiger partial charge is 0.230 e. The van der Waals surface area contributed by atoms with Gasteiger partial charge in [-0.1, -0.05) is 11.2 Å². The van der Waals surface area contributed by atoms with Gasteiger partial charge in [-0.3, -0.25) is 0 Å². The molecule has 2 N–H and O–H groups in total. The second kappa shape index (κ2) is 6.67. The molecule has 0 aliphatic heterocycles. The van der Waals surface area contributed by atoms with E-state index in [1.165, 1.54) is 11.1 Å². The zero-order valence-corrected chi connectivity index (χ0v) is 13.8. The van der Waals surface area contributed by atoms with Crippen molar-refractivity contribution in [1.29, 1.82) is 0 Å². The zero-order chi connectivity index (χ0) is 14.9. The van der Waals surface area contributed by atoms with Gasteiger partial charge in [0.25, 0.3) is 0 Å². The van der Waals surface area contributed by atoms with Gasteiger partial charge in [0.2, 0.25) is 5.89 Å². The van der Waals surface area contributed by atoms with E-state index in [2.05, 4.69) is 30.1 Å². The van der Waals surface area contributed by atoms with Crippen LogP contribution in [0.25, 0.3) is 0 Å². The number of nitrogens with two attached hydrogens (primary N) is 1. The lowest BCUT2D eigenvalue weighted by Gasteiger charge is -2.34. The summed E-state index contributed by atoms with van der Waals surface area (Å²) in [6, 6.07) is 6.08. The number of hydrogen-bond acceptors (Lipinski definition) is 5. The van der Waals surface area contributed by atoms with Crippen molar-refractivity contribution in [1.82, 2.24) is 10.1 Å². The van der Waals surface area contributed by atoms with E-state index >= 15 is 0 Å². The maximum absolute atomic E-state index is 6.17. The minimum Gasteiger partial charge on any atom is -0.493 e. The van der Waals surface area contributed by atoms with E-state index in [1.807, 2.05) is 12.1 Å². The van der Waals surface area contributed by atoms with E-state index in [-0.39, 0.29) is 17.9 Å². The highest BCUT2D eigenvalue weighted by Gasteiger charge is 2.38. The maximum Gasteiger partial charge on any atom is 0.230 e. The Labute approximate surface area is 136 Å². The van der Waals surface area contributed by atoms with Gasteiger partial charge in [-0.25, -0.2) is 0 Å². The van der Waals surface area contributed by atoms with Gasteiger partial charge in [0.1, 0.15) is 5.75 Å². The lowest BCUT2D eigenvalue weighted by Crippen LogP contribution is -2.44. The van der Waals surface area contributed by atoms with Gasteiger partial charge in [0.05, 0.1) is 18.6 Å². The molecule has 3 rings (SSSR count). The average molecular weight is 324 g/mol. The van der Waals surface area contributed by atoms with Crippen LogP contribution in [0.5, 0.6) is 5.75 Å². The molecule has 0 atom stereocenters. The molecule has 1 saturated carbocycles. The minimum atomic E-state index is -0.364. The third kappa shape index (κ3) is 3.42. The van der Waals surface area contributed by atoms with E-state index in [1.54, 1.807) is 0 Å². The molecule has 1 aliphatic rings. The number of rotatable bonds is 5. The van der Waals surface area contributed by atoms with Crippen LogP contribution in [0.2, 0.25) is 0 Å². The first-order chi connectivity index (χ1) is 10.1. The van der Waals surface area contributed by atoms with Gasteiger partial charge in [0.15, 0.2) is 5.82 Å². The van der Waals surface area contributed by atoms with Gasteiger partial charge < -0.3 is 15.0 Å². The molecule has 0 amide bonds. The van der Waals surface area contributed by atoms with Crippen LogP contribution in [0.15, 0.2) is 22.7 Å². The normalized spacial score (nSPS) is 15.8. The first-order valence-corrected chi connectivity index (χ1v) is 7.39. The molecule has 22 heavy (non-hydrogen) atoms. The Hall–Kier alpha value is -1.59. The molecule has 120 valence electrons. The van der Waals surface area contributed by atoms with Crippen LogP contribution in [0.3, 0.4) is 0 Å². The Morgan fingerprint density at radius 1 is 1.27 bits per heavy atom. The number of hydrogen-bond donors (Lipinski definition) is 1. The molecule has 2 aromatic rings. The standard InChI is InChI=1S/C16H21N3O2.ClH/c1-11-4-5-13(10-12(11)2)20-9-6-14-18-15(19-21-14)16(17)7-3-8-16;/h4-5,10H,3,6-9,17H2,1-2H3;1H. The molecule has 0 radical (unpaired) electrons. The predicted octanol–water partition coefficient (Wildman–Crippen LogP) is 3.07. The number of ether oxygens (including phenoxy) is 1. The molecule has 0 spiro atoms. The molecule has 0 saturated heterocycles. The van der Waals surface area contributed by atoms with Crippen molar-refractivity contribution < 1.29 is 9.26 Å². The lowest BCUT2D eigenvalue weighted by atomic mass is 9.77. The van der Waals surface area contributed by atoms with Crippen LogP contribution in [-0.2, 0) is 12.0 Å². The van der Waals surface area contributed by atoms with Crippen molar-refractivity contribution >= 4 is 12.4 Å². The zero-order valence-electron chi connectivity index (χ0n) is 13.0. The molecule has 5 nitrogen and oxygen atoms in total. The highest BCUT2D eigenvalue weighted by Crippen LogP contribution is 2.36. The molecule has 6 heteroatoms. The number of benzene rings is 1. The highest BCUT2D eigenvalue weighted by atomic mass is 35.5. The lowest BCUT2D eigenvalue weighted by molar-refractivity contribution is 0.228. The van der Waals surface area contributed by atoms with Crippen LogP contribution in [0.1, 0.15) is 42.1 Å². The molecular weight excluding hydrogens is 302 g/mol. The summed E-state index contributed by atoms with van der Waals surface area (Å²) in [6.07, 6.45) is 3.60. The second-order valence-electron chi connectivity index (χ2n) is 5.87. The van der Waals surface area contributed by atoms with Crippen molar-refractivity contribution in [3.63, 3.8) is 0 Å². The molecule has 1 aliphatic carbocycles. The Kier molecular flexibility index (Phi) is 5.08. The molecular formula is C16H22ClN3O2. The van der Waals surface area contributed by atoms with Crippen LogP contribution in [-0.4, -0.2) is 16.7 Å². The molecule has 1 aromatic heterocycles. The minimum absolute atomic E-state index is 0. The number of aryl methyl sites for hydroxylation is 2. The maximum atomic E-state index is 6.17. The fraction of sp³-hybridized carbons (Fsp3) is 0.500. The average Bonchev–Trinajstić information content (AvgIpc) is 2.89. The fourth-order valence-corrected chi connectivity index (χ4v) is 2.40. The molecule has 1 fully saturated rings. The van der Waals surface area contributed by atoms with Crippen LogP contribution < -0.4 is 10.5 Å². The molecule has 0 unspecified atom stereocenters. The molecule has 1 heterocycles. The SMILES string of the molecule is Cc1ccc(OCCc2nc(C3(N)CCC3)no2)cc1C.Cl. The van der Waals surface area contributed by atoms with Crippen molar-refractivity contribution in [2.24, 2.45) is 5.73 Å². The largest absolute Gasteiger partial charge is 0.493 e. The van der Waals surface area contributed by atoms with Gasteiger partial charge in [-0.2, -0.15) is 4.98 Å². The van der Waals surface area contributed by atoms with E-state index in [0.717, 1.165) is 25.0 Å². The van der Waals surface area contributed by atoms with Crippen molar-refractivity contribution in [2.75, 3.05) is 6.61 Å². The Bertz CT molecular complexity index is 638. The Morgan fingerprint density at radius 2 is 2.05 bits per heavy atom. The van der Waals surface area contributed by atoms with Crippen LogP contribution in [0, 0.1) is 13.8 Å². The van der Waals surface area contributed by atoms with Crippen molar-refractivity contribution in [2.45, 2.75) is 45.1 Å². The summed E-state index contributed by atoms with van der Waals surface area (Å²) in [7, 11) is 0. The van der Waals surface area contributed by atoms with Crippen LogP contribution in [0.4, 0.5) is 0 Å². The summed E-state index contributed by atoms with van der Waals surface area (Å²) >= 11 is 0. The third-order valence-electron chi connectivity index (χ3n) is 4.22. The summed E-state index contributed by atoms with van der Waals surface area (Å²) in [5, 5.41) is 3.99. The topological polar surface area (TPSA) is 74.2 Å². The summed E-state index contributed by atoms with van der Waals surface area (Å²) in [5.41, 5.74) is 8.29. The first-order valence-electron chi connectivity index (χ1n) is 7.39. The van der Waals surface area contributed by atoms with Crippen molar-refractivity contribution in [3.8, 4) is 5.75 Å². The Morgan fingerprint density at radius 3 is 2.68 bits per heavy atom. The summed E-state index contributed by atoms with van der Waals surface area (Å²) in [6.45, 7) is 4.68. The van der Waals surface area contributed by atoms with E-state index in [0.29, 0.717) is 24.7 Å². The summed E-state index contributed by atoms with van der Waals surface area (Å²) < 4.78 is 11.0. The van der Waals surface area contributed by atoms with E-state index in [9.17, 15) is 0 Å². The number of nitrogens with zero attached hydrogens (tertiary/aromatic N) is 2. The number of halogens is 1. The van der Waals surface area contributed by atoms with Gasteiger partial charge >= 0.3 is 0 Å². The Balaban J connectivity index is 0.00000176. The first kappa shape index (κ1) is 16.8. The van der Waals surface area contributed by atoms with E-state index < -0.39 is 0 Å². The molecule has 0 bridgehead atoms. The monoisotopic (exact) mass is 323 g/mol. The quantitative estimate of drug-likeness (QED) is 0.915. The highest BCUT2D eigenvalue weighted by molar-refractivity contribution is 5.85. The fourth-order valence-electron chi connectivity index (χ4n) is 2.40. The third-order valence-corrected chi connectivity index (χ3v) is 4.22. The summed E-state index contributed by atoms with van der Waals surface area (Å²) in [4.78, 5) is 4.38. The molecule has 1 aromatic carbocycles. The van der Waals surface area contributed by atoms with Crippen molar-refractivity contribution in [3.05, 3.63) is 41.0 Å². The second-order valence-corrected chi connectivity index (χ2v) is 5.87. The predicted molar refractivity (Wildman–Crippen MR) is 86.4 cm³/mol. The van der Waals surface area contributed by atoms with Gasteiger partial charge in [-0.05, 0) is 56.4 Å². The van der Waals surface area contributed by atoms with E-state index in [4.69, 9.17) is 15.0 Å². The van der Waals surface area contributed by atoms with Gasteiger partial charge in [-0.15, -0.1) is 12.4 Å². The van der Waals surface area contributed by atoms with Gasteiger partial charge in [0, 0.05) is 0 Å². The van der Waals surface area contributed by atoms with Crippen LogP contribution >= 0.6 is 12.4 Å².